The first-order valence-electron chi connectivity index (χ1n) is 6.71. The van der Waals surface area contributed by atoms with Gasteiger partial charge >= 0.3 is 0 Å². The third-order valence-corrected chi connectivity index (χ3v) is 2.87. The molecule has 2 rings (SSSR count). The molecular weight excluding hydrogens is 244 g/mol. The summed E-state index contributed by atoms with van der Waals surface area (Å²) >= 11 is 0. The van der Waals surface area contributed by atoms with Gasteiger partial charge in [-0.25, -0.2) is 4.98 Å². The molecule has 1 saturated heterocycles. The highest BCUT2D eigenvalue weighted by atomic mass is 16.5. The molecule has 104 valence electrons. The Bertz CT molecular complexity index is 450. The van der Waals surface area contributed by atoms with E-state index in [1.54, 1.807) is 6.07 Å². The number of nitrogens with zero attached hydrogens (tertiary/aromatic N) is 2. The van der Waals surface area contributed by atoms with Crippen LogP contribution in [0.4, 0.5) is 5.95 Å². The average molecular weight is 264 g/mol. The van der Waals surface area contributed by atoms with Crippen molar-refractivity contribution in [3.8, 4) is 5.88 Å². The summed E-state index contributed by atoms with van der Waals surface area (Å²) in [5.74, 6) is 1.01. The van der Waals surface area contributed by atoms with E-state index in [-0.39, 0.29) is 11.9 Å². The van der Waals surface area contributed by atoms with Crippen molar-refractivity contribution in [3.05, 3.63) is 11.8 Å². The molecule has 0 bridgehead atoms. The second kappa shape index (κ2) is 6.36. The van der Waals surface area contributed by atoms with Crippen LogP contribution < -0.4 is 15.4 Å². The molecule has 0 saturated carbocycles. The molecule has 1 amide bonds. The first-order chi connectivity index (χ1) is 9.19. The quantitative estimate of drug-likeness (QED) is 0.837. The van der Waals surface area contributed by atoms with E-state index < -0.39 is 0 Å². The third-order valence-electron chi connectivity index (χ3n) is 2.87. The normalized spacial score (nSPS) is 18.8. The monoisotopic (exact) mass is 264 g/mol. The predicted molar refractivity (Wildman–Crippen MR) is 72.2 cm³/mol. The maximum Gasteiger partial charge on any atom is 0.242 e. The Balaban J connectivity index is 2.06. The van der Waals surface area contributed by atoms with Gasteiger partial charge in [0, 0.05) is 18.3 Å². The highest BCUT2D eigenvalue weighted by molar-refractivity contribution is 5.84. The van der Waals surface area contributed by atoms with Crippen molar-refractivity contribution in [2.75, 3.05) is 18.5 Å². The minimum Gasteiger partial charge on any atom is -0.478 e. The van der Waals surface area contributed by atoms with E-state index in [1.807, 2.05) is 13.8 Å². The van der Waals surface area contributed by atoms with Gasteiger partial charge in [0.2, 0.25) is 17.7 Å². The van der Waals surface area contributed by atoms with E-state index in [0.29, 0.717) is 18.4 Å². The molecule has 1 fully saturated rings. The summed E-state index contributed by atoms with van der Waals surface area (Å²) in [5, 5.41) is 5.90. The second-order valence-corrected chi connectivity index (χ2v) is 4.65. The molecule has 1 aromatic heterocycles. The molecule has 2 N–H and O–H groups in total. The second-order valence-electron chi connectivity index (χ2n) is 4.65. The largest absolute Gasteiger partial charge is 0.478 e. The van der Waals surface area contributed by atoms with Crippen LogP contribution in [0.25, 0.3) is 0 Å². The third kappa shape index (κ3) is 3.81. The molecule has 6 nitrogen and oxygen atoms in total. The zero-order valence-corrected chi connectivity index (χ0v) is 11.4. The van der Waals surface area contributed by atoms with Gasteiger partial charge in [-0.1, -0.05) is 6.92 Å². The lowest BCUT2D eigenvalue weighted by Gasteiger charge is -2.22. The molecule has 1 atom stereocenters. The number of aromatic nitrogens is 2. The molecule has 1 aliphatic heterocycles. The Labute approximate surface area is 113 Å². The maximum absolute atomic E-state index is 11.7. The summed E-state index contributed by atoms with van der Waals surface area (Å²) in [7, 11) is 0. The Morgan fingerprint density at radius 2 is 2.37 bits per heavy atom. The Morgan fingerprint density at radius 3 is 3.11 bits per heavy atom. The van der Waals surface area contributed by atoms with Crippen LogP contribution in [0.5, 0.6) is 5.88 Å². The first kappa shape index (κ1) is 13.6. The zero-order chi connectivity index (χ0) is 13.7. The number of aryl methyl sites for hydroxylation is 1. The number of rotatable bonds is 5. The number of hydrogen-bond acceptors (Lipinski definition) is 5. The van der Waals surface area contributed by atoms with Crippen LogP contribution in [0.15, 0.2) is 6.07 Å². The Hall–Kier alpha value is -1.85. The molecular formula is C13H20N4O2. The van der Waals surface area contributed by atoms with Crippen molar-refractivity contribution < 1.29 is 9.53 Å². The van der Waals surface area contributed by atoms with Gasteiger partial charge in [0.15, 0.2) is 0 Å². The van der Waals surface area contributed by atoms with Gasteiger partial charge in [-0.2, -0.15) is 4.98 Å². The number of nitrogens with one attached hydrogen (secondary N) is 2. The molecule has 0 aliphatic carbocycles. The van der Waals surface area contributed by atoms with Crippen LogP contribution in [-0.2, 0) is 4.79 Å². The molecule has 1 aliphatic rings. The lowest BCUT2D eigenvalue weighted by atomic mass is 10.1. The summed E-state index contributed by atoms with van der Waals surface area (Å²) in [5.41, 5.74) is 0.819. The highest BCUT2D eigenvalue weighted by Crippen LogP contribution is 2.15. The van der Waals surface area contributed by atoms with Crippen LogP contribution in [-0.4, -0.2) is 35.1 Å². The minimum atomic E-state index is -0.255. The zero-order valence-electron chi connectivity index (χ0n) is 11.4. The smallest absolute Gasteiger partial charge is 0.242 e. The topological polar surface area (TPSA) is 76.1 Å². The fraction of sp³-hybridized carbons (Fsp3) is 0.615. The predicted octanol–water partition coefficient (Wildman–Crippen LogP) is 1.26. The number of hydrogen-bond donors (Lipinski definition) is 2. The molecule has 1 aromatic rings. The van der Waals surface area contributed by atoms with Crippen molar-refractivity contribution in [3.63, 3.8) is 0 Å². The fourth-order valence-corrected chi connectivity index (χ4v) is 1.95. The molecule has 19 heavy (non-hydrogen) atoms. The molecule has 2 heterocycles. The SMILES string of the molecule is CCCOc1cc(C)nc(NC2CCCNC2=O)n1. The lowest BCUT2D eigenvalue weighted by Crippen LogP contribution is -2.44. The first-order valence-corrected chi connectivity index (χ1v) is 6.71. The molecule has 6 heteroatoms. The molecule has 0 spiro atoms. The number of anilines is 1. The average Bonchev–Trinajstić information content (AvgIpc) is 2.38. The minimum absolute atomic E-state index is 0.00684. The number of carbonyl (C=O) groups excluding carboxylic acids is 1. The van der Waals surface area contributed by atoms with E-state index >= 15 is 0 Å². The maximum atomic E-state index is 11.7. The summed E-state index contributed by atoms with van der Waals surface area (Å²) in [4.78, 5) is 20.2. The molecule has 1 unspecified atom stereocenters. The number of piperidine rings is 1. The van der Waals surface area contributed by atoms with Crippen molar-refractivity contribution in [2.45, 2.75) is 39.2 Å². The van der Waals surface area contributed by atoms with E-state index in [1.165, 1.54) is 0 Å². The highest BCUT2D eigenvalue weighted by Gasteiger charge is 2.22. The van der Waals surface area contributed by atoms with Crippen molar-refractivity contribution in [1.29, 1.82) is 0 Å². The van der Waals surface area contributed by atoms with Crippen LogP contribution in [0.2, 0.25) is 0 Å². The van der Waals surface area contributed by atoms with Crippen molar-refractivity contribution in [1.82, 2.24) is 15.3 Å². The van der Waals surface area contributed by atoms with Crippen molar-refractivity contribution >= 4 is 11.9 Å². The fourth-order valence-electron chi connectivity index (χ4n) is 1.95. The van der Waals surface area contributed by atoms with Gasteiger partial charge in [0.25, 0.3) is 0 Å². The summed E-state index contributed by atoms with van der Waals surface area (Å²) < 4.78 is 5.50. The van der Waals surface area contributed by atoms with Gasteiger partial charge in [0.1, 0.15) is 6.04 Å². The molecule has 0 radical (unpaired) electrons. The van der Waals surface area contributed by atoms with Crippen LogP contribution >= 0.6 is 0 Å². The summed E-state index contributed by atoms with van der Waals surface area (Å²) in [6, 6.07) is 1.54. The Kier molecular flexibility index (Phi) is 4.54. The number of carbonyl (C=O) groups is 1. The van der Waals surface area contributed by atoms with Gasteiger partial charge in [-0.05, 0) is 26.2 Å². The van der Waals surface area contributed by atoms with Crippen molar-refractivity contribution in [2.24, 2.45) is 0 Å². The van der Waals surface area contributed by atoms with E-state index in [4.69, 9.17) is 4.74 Å². The van der Waals surface area contributed by atoms with Gasteiger partial charge < -0.3 is 15.4 Å². The summed E-state index contributed by atoms with van der Waals surface area (Å²) in [6.07, 6.45) is 2.69. The number of amides is 1. The van der Waals surface area contributed by atoms with Crippen LogP contribution in [0.1, 0.15) is 31.9 Å². The van der Waals surface area contributed by atoms with Crippen LogP contribution in [0.3, 0.4) is 0 Å². The van der Waals surface area contributed by atoms with Gasteiger partial charge in [-0.3, -0.25) is 4.79 Å². The molecule has 0 aromatic carbocycles. The van der Waals surface area contributed by atoms with Gasteiger partial charge in [-0.15, -0.1) is 0 Å². The van der Waals surface area contributed by atoms with E-state index in [2.05, 4.69) is 20.6 Å². The lowest BCUT2D eigenvalue weighted by molar-refractivity contribution is -0.123. The van der Waals surface area contributed by atoms with E-state index in [9.17, 15) is 4.79 Å². The van der Waals surface area contributed by atoms with E-state index in [0.717, 1.165) is 31.5 Å². The number of ether oxygens (including phenoxy) is 1. The van der Waals surface area contributed by atoms with Gasteiger partial charge in [0.05, 0.1) is 6.61 Å². The summed E-state index contributed by atoms with van der Waals surface area (Å²) in [6.45, 7) is 5.29. The van der Waals surface area contributed by atoms with Crippen LogP contribution in [0, 0.1) is 6.92 Å². The Morgan fingerprint density at radius 1 is 1.53 bits per heavy atom. The standard InChI is InChI=1S/C13H20N4O2/c1-3-7-19-11-8-9(2)15-13(17-11)16-10-5-4-6-14-12(10)18/h8,10H,3-7H2,1-2H3,(H,14,18)(H,15,16,17).